The first kappa shape index (κ1) is 14.2. The number of hydrogen-bond acceptors (Lipinski definition) is 6. The maximum atomic E-state index is 5.31. The van der Waals surface area contributed by atoms with Gasteiger partial charge in [-0.1, -0.05) is 25.9 Å². The zero-order valence-corrected chi connectivity index (χ0v) is 12.8. The molecule has 2 rings (SSSR count). The zero-order chi connectivity index (χ0) is 13.0. The Balaban J connectivity index is 1.99. The van der Waals surface area contributed by atoms with E-state index in [0.29, 0.717) is 29.0 Å². The highest BCUT2D eigenvalue weighted by atomic mass is 32.2. The Morgan fingerprint density at radius 2 is 2.17 bits per heavy atom. The van der Waals surface area contributed by atoms with Crippen LogP contribution in [-0.4, -0.2) is 32.9 Å². The summed E-state index contributed by atoms with van der Waals surface area (Å²) >= 11 is 4.00. The number of aromatic nitrogens is 2. The summed E-state index contributed by atoms with van der Waals surface area (Å²) in [7, 11) is 0. The third kappa shape index (κ3) is 3.65. The van der Waals surface area contributed by atoms with Gasteiger partial charge in [-0.3, -0.25) is 0 Å². The molecule has 102 valence electrons. The van der Waals surface area contributed by atoms with Crippen LogP contribution in [0.15, 0.2) is 4.52 Å². The summed E-state index contributed by atoms with van der Waals surface area (Å²) in [6, 6.07) is 0.434. The molecule has 0 spiro atoms. The highest BCUT2D eigenvalue weighted by Gasteiger charge is 2.30. The van der Waals surface area contributed by atoms with Crippen molar-refractivity contribution in [2.45, 2.75) is 50.3 Å². The molecule has 1 aliphatic heterocycles. The molecule has 4 nitrogen and oxygen atoms in total. The quantitative estimate of drug-likeness (QED) is 0.898. The summed E-state index contributed by atoms with van der Waals surface area (Å²) in [5.74, 6) is 3.99. The molecule has 2 heterocycles. The van der Waals surface area contributed by atoms with Gasteiger partial charge in [0.2, 0.25) is 5.89 Å². The molecule has 0 radical (unpaired) electrons. The second-order valence-corrected chi connectivity index (χ2v) is 7.29. The van der Waals surface area contributed by atoms with Crippen LogP contribution in [0.1, 0.15) is 44.2 Å². The number of nitrogens with zero attached hydrogens (tertiary/aromatic N) is 2. The summed E-state index contributed by atoms with van der Waals surface area (Å²) in [4.78, 5) is 4.53. The van der Waals surface area contributed by atoms with E-state index in [4.69, 9.17) is 4.52 Å². The van der Waals surface area contributed by atoms with Crippen LogP contribution in [0.5, 0.6) is 0 Å². The fraction of sp³-hybridized carbons (Fsp3) is 0.833. The highest BCUT2D eigenvalue weighted by molar-refractivity contribution is 8.06. The van der Waals surface area contributed by atoms with Gasteiger partial charge in [-0.25, -0.2) is 0 Å². The normalized spacial score (nSPS) is 24.7. The Hall–Kier alpha value is -0.200. The molecule has 2 unspecified atom stereocenters. The third-order valence-corrected chi connectivity index (χ3v) is 6.09. The van der Waals surface area contributed by atoms with Crippen molar-refractivity contribution in [3.8, 4) is 0 Å². The van der Waals surface area contributed by atoms with Crippen molar-refractivity contribution in [2.75, 3.05) is 11.5 Å². The van der Waals surface area contributed by atoms with E-state index in [0.717, 1.165) is 12.2 Å². The van der Waals surface area contributed by atoms with Crippen molar-refractivity contribution in [1.29, 1.82) is 0 Å². The van der Waals surface area contributed by atoms with E-state index in [2.05, 4.69) is 36.2 Å². The Morgan fingerprint density at radius 1 is 1.39 bits per heavy atom. The number of rotatable bonds is 5. The lowest BCUT2D eigenvalue weighted by atomic mass is 10.2. The van der Waals surface area contributed by atoms with Gasteiger partial charge in [-0.15, -0.1) is 11.8 Å². The Bertz CT molecular complexity index is 370. The predicted molar refractivity (Wildman–Crippen MR) is 78.0 cm³/mol. The Labute approximate surface area is 117 Å². The van der Waals surface area contributed by atoms with Gasteiger partial charge in [0.1, 0.15) is 0 Å². The van der Waals surface area contributed by atoms with Gasteiger partial charge in [0.05, 0.1) is 11.8 Å². The van der Waals surface area contributed by atoms with Gasteiger partial charge in [-0.05, 0) is 6.42 Å². The average molecular weight is 287 g/mol. The largest absolute Gasteiger partial charge is 0.338 e. The van der Waals surface area contributed by atoms with E-state index < -0.39 is 0 Å². The van der Waals surface area contributed by atoms with Crippen molar-refractivity contribution in [1.82, 2.24) is 15.5 Å². The van der Waals surface area contributed by atoms with Crippen molar-refractivity contribution >= 4 is 23.5 Å². The van der Waals surface area contributed by atoms with Gasteiger partial charge in [0.25, 0.3) is 0 Å². The predicted octanol–water partition coefficient (Wildman–Crippen LogP) is 2.87. The first-order valence-electron chi connectivity index (χ1n) is 6.49. The standard InChI is InChI=1S/C12H21N3OS2/c1-4-9-11(18-6-5-17-9)12-14-10(16-15-12)7-13-8(2)3/h8-9,11,13H,4-7H2,1-3H3. The van der Waals surface area contributed by atoms with Gasteiger partial charge in [-0.2, -0.15) is 16.7 Å². The summed E-state index contributed by atoms with van der Waals surface area (Å²) < 4.78 is 5.31. The molecular weight excluding hydrogens is 266 g/mol. The second kappa shape index (κ2) is 6.82. The van der Waals surface area contributed by atoms with Gasteiger partial charge in [0.15, 0.2) is 5.82 Å². The monoisotopic (exact) mass is 287 g/mol. The van der Waals surface area contributed by atoms with Crippen LogP contribution < -0.4 is 5.32 Å². The third-order valence-electron chi connectivity index (χ3n) is 2.85. The highest BCUT2D eigenvalue weighted by Crippen LogP contribution is 2.42. The molecule has 0 saturated carbocycles. The first-order valence-corrected chi connectivity index (χ1v) is 8.59. The maximum Gasteiger partial charge on any atom is 0.240 e. The van der Waals surface area contributed by atoms with Gasteiger partial charge >= 0.3 is 0 Å². The number of nitrogens with one attached hydrogen (secondary N) is 1. The topological polar surface area (TPSA) is 51.0 Å². The van der Waals surface area contributed by atoms with Crippen LogP contribution >= 0.6 is 23.5 Å². The van der Waals surface area contributed by atoms with Crippen molar-refractivity contribution in [3.05, 3.63) is 11.7 Å². The lowest BCUT2D eigenvalue weighted by Gasteiger charge is -2.27. The van der Waals surface area contributed by atoms with E-state index in [9.17, 15) is 0 Å². The van der Waals surface area contributed by atoms with Crippen LogP contribution in [0.3, 0.4) is 0 Å². The average Bonchev–Trinajstić information content (AvgIpc) is 2.85. The lowest BCUT2D eigenvalue weighted by molar-refractivity contribution is 0.357. The Morgan fingerprint density at radius 3 is 2.89 bits per heavy atom. The number of thioether (sulfide) groups is 2. The summed E-state index contributed by atoms with van der Waals surface area (Å²) in [6.07, 6.45) is 1.16. The fourth-order valence-electron chi connectivity index (χ4n) is 1.89. The molecule has 2 atom stereocenters. The zero-order valence-electron chi connectivity index (χ0n) is 11.2. The molecule has 0 aromatic carbocycles. The minimum atomic E-state index is 0.394. The van der Waals surface area contributed by atoms with Crippen molar-refractivity contribution < 1.29 is 4.52 Å². The molecule has 0 bridgehead atoms. The molecule has 18 heavy (non-hydrogen) atoms. The van der Waals surface area contributed by atoms with E-state index >= 15 is 0 Å². The van der Waals surface area contributed by atoms with Crippen LogP contribution in [0.2, 0.25) is 0 Å². The van der Waals surface area contributed by atoms with E-state index in [1.807, 2.05) is 23.5 Å². The van der Waals surface area contributed by atoms with Gasteiger partial charge < -0.3 is 9.84 Å². The fourth-order valence-corrected chi connectivity index (χ4v) is 4.87. The minimum Gasteiger partial charge on any atom is -0.338 e. The molecule has 1 aromatic rings. The maximum absolute atomic E-state index is 5.31. The van der Waals surface area contributed by atoms with Crippen molar-refractivity contribution in [2.24, 2.45) is 0 Å². The molecule has 1 fully saturated rings. The lowest BCUT2D eigenvalue weighted by Crippen LogP contribution is -2.22. The SMILES string of the molecule is CCC1SCCSC1c1noc(CNC(C)C)n1. The van der Waals surface area contributed by atoms with Gasteiger partial charge in [0, 0.05) is 22.8 Å². The first-order chi connectivity index (χ1) is 8.70. The van der Waals surface area contributed by atoms with Crippen LogP contribution in [0, 0.1) is 0 Å². The smallest absolute Gasteiger partial charge is 0.240 e. The van der Waals surface area contributed by atoms with Crippen LogP contribution in [0.25, 0.3) is 0 Å². The van der Waals surface area contributed by atoms with E-state index in [1.54, 1.807) is 0 Å². The van der Waals surface area contributed by atoms with E-state index in [-0.39, 0.29) is 0 Å². The minimum absolute atomic E-state index is 0.394. The molecule has 0 aliphatic carbocycles. The van der Waals surface area contributed by atoms with Crippen molar-refractivity contribution in [3.63, 3.8) is 0 Å². The number of hydrogen-bond donors (Lipinski definition) is 1. The molecule has 6 heteroatoms. The molecule has 1 N–H and O–H groups in total. The molecule has 1 aromatic heterocycles. The second-order valence-electron chi connectivity index (χ2n) is 4.69. The Kier molecular flexibility index (Phi) is 5.38. The summed E-state index contributed by atoms with van der Waals surface area (Å²) in [5.41, 5.74) is 0. The molecule has 0 amide bonds. The summed E-state index contributed by atoms with van der Waals surface area (Å²) in [5, 5.41) is 8.46. The van der Waals surface area contributed by atoms with Crippen LogP contribution in [-0.2, 0) is 6.54 Å². The van der Waals surface area contributed by atoms with E-state index in [1.165, 1.54) is 11.5 Å². The molecular formula is C12H21N3OS2. The molecule has 1 aliphatic rings. The molecule has 1 saturated heterocycles. The van der Waals surface area contributed by atoms with Crippen LogP contribution in [0.4, 0.5) is 0 Å². The summed E-state index contributed by atoms with van der Waals surface area (Å²) in [6.45, 7) is 7.11.